The number of carbonyl (C=O) groups excluding carboxylic acids is 1. The Morgan fingerprint density at radius 1 is 1.30 bits per heavy atom. The third kappa shape index (κ3) is 3.06. The van der Waals surface area contributed by atoms with Gasteiger partial charge in [-0.25, -0.2) is 0 Å². The Kier molecular flexibility index (Phi) is 4.43. The number of hydrogen-bond donors (Lipinski definition) is 0. The van der Waals surface area contributed by atoms with Gasteiger partial charge in [-0.3, -0.25) is 9.69 Å². The van der Waals surface area contributed by atoms with Crippen molar-refractivity contribution in [3.8, 4) is 0 Å². The number of ether oxygens (including phenoxy) is 1. The Labute approximate surface area is 142 Å². The molecule has 3 aliphatic rings. The second-order valence-electron chi connectivity index (χ2n) is 7.36. The summed E-state index contributed by atoms with van der Waals surface area (Å²) in [6, 6.07) is 2.21. The number of carbonyl (C=O) groups is 1. The van der Waals surface area contributed by atoms with E-state index in [0.717, 1.165) is 58.8 Å². The minimum atomic E-state index is 0.147. The van der Waals surface area contributed by atoms with Crippen LogP contribution in [0.2, 0.25) is 0 Å². The fourth-order valence-electron chi connectivity index (χ4n) is 4.62. The smallest absolute Gasteiger partial charge is 0.227 e. The van der Waals surface area contributed by atoms with E-state index in [1.54, 1.807) is 11.3 Å². The van der Waals surface area contributed by atoms with E-state index in [-0.39, 0.29) is 11.3 Å². The number of thiophene rings is 1. The van der Waals surface area contributed by atoms with Crippen molar-refractivity contribution in [1.82, 2.24) is 9.80 Å². The molecule has 23 heavy (non-hydrogen) atoms. The molecule has 3 saturated heterocycles. The monoisotopic (exact) mass is 334 g/mol. The average molecular weight is 334 g/mol. The zero-order chi connectivity index (χ0) is 15.7. The van der Waals surface area contributed by atoms with Crippen LogP contribution in [0.1, 0.15) is 31.2 Å². The van der Waals surface area contributed by atoms with Crippen LogP contribution in [-0.2, 0) is 16.1 Å². The zero-order valence-electron chi connectivity index (χ0n) is 13.7. The van der Waals surface area contributed by atoms with Crippen LogP contribution in [0.3, 0.4) is 0 Å². The quantitative estimate of drug-likeness (QED) is 0.852. The molecule has 126 valence electrons. The van der Waals surface area contributed by atoms with Gasteiger partial charge in [0.1, 0.15) is 0 Å². The minimum absolute atomic E-state index is 0.147. The molecule has 1 atom stereocenters. The van der Waals surface area contributed by atoms with Crippen LogP contribution in [0.5, 0.6) is 0 Å². The highest BCUT2D eigenvalue weighted by atomic mass is 32.1. The van der Waals surface area contributed by atoms with E-state index >= 15 is 0 Å². The van der Waals surface area contributed by atoms with E-state index in [1.807, 2.05) is 0 Å². The maximum atomic E-state index is 13.1. The van der Waals surface area contributed by atoms with Gasteiger partial charge in [-0.2, -0.15) is 11.3 Å². The van der Waals surface area contributed by atoms with E-state index < -0.39 is 0 Å². The Morgan fingerprint density at radius 2 is 2.09 bits per heavy atom. The van der Waals surface area contributed by atoms with E-state index in [9.17, 15) is 4.79 Å². The molecule has 4 nitrogen and oxygen atoms in total. The largest absolute Gasteiger partial charge is 0.381 e. The van der Waals surface area contributed by atoms with E-state index in [4.69, 9.17) is 4.74 Å². The maximum absolute atomic E-state index is 13.1. The normalized spacial score (nSPS) is 27.8. The van der Waals surface area contributed by atoms with Gasteiger partial charge in [0, 0.05) is 51.4 Å². The highest BCUT2D eigenvalue weighted by molar-refractivity contribution is 7.07. The fraction of sp³-hybridized carbons (Fsp3) is 0.722. The summed E-state index contributed by atoms with van der Waals surface area (Å²) in [5.74, 6) is 0.584. The molecule has 1 spiro atoms. The van der Waals surface area contributed by atoms with Crippen LogP contribution >= 0.6 is 11.3 Å². The second kappa shape index (κ2) is 6.54. The fourth-order valence-corrected chi connectivity index (χ4v) is 5.28. The summed E-state index contributed by atoms with van der Waals surface area (Å²) in [7, 11) is 0. The van der Waals surface area contributed by atoms with Crippen molar-refractivity contribution < 1.29 is 9.53 Å². The van der Waals surface area contributed by atoms with Crippen LogP contribution in [0.25, 0.3) is 0 Å². The van der Waals surface area contributed by atoms with Gasteiger partial charge in [0.15, 0.2) is 0 Å². The third-order valence-electron chi connectivity index (χ3n) is 5.91. The first-order valence-corrected chi connectivity index (χ1v) is 9.81. The molecule has 0 saturated carbocycles. The molecule has 0 unspecified atom stereocenters. The molecule has 0 aliphatic carbocycles. The van der Waals surface area contributed by atoms with Gasteiger partial charge in [0.25, 0.3) is 0 Å². The summed E-state index contributed by atoms with van der Waals surface area (Å²) in [4.78, 5) is 17.8. The summed E-state index contributed by atoms with van der Waals surface area (Å²) >= 11 is 1.76. The predicted molar refractivity (Wildman–Crippen MR) is 91.4 cm³/mol. The Morgan fingerprint density at radius 3 is 2.78 bits per heavy atom. The molecule has 1 aromatic rings. The molecule has 3 fully saturated rings. The molecule has 3 aliphatic heterocycles. The first-order chi connectivity index (χ1) is 11.3. The first kappa shape index (κ1) is 15.6. The topological polar surface area (TPSA) is 32.8 Å². The van der Waals surface area contributed by atoms with Crippen molar-refractivity contribution in [3.05, 3.63) is 22.4 Å². The summed E-state index contributed by atoms with van der Waals surface area (Å²) in [5.41, 5.74) is 1.53. The van der Waals surface area contributed by atoms with Crippen molar-refractivity contribution in [2.24, 2.45) is 11.3 Å². The molecule has 0 aromatic carbocycles. The van der Waals surface area contributed by atoms with Crippen molar-refractivity contribution in [2.45, 2.75) is 32.2 Å². The van der Waals surface area contributed by atoms with Gasteiger partial charge < -0.3 is 9.64 Å². The lowest BCUT2D eigenvalue weighted by Crippen LogP contribution is -2.45. The lowest BCUT2D eigenvalue weighted by atomic mass is 9.71. The minimum Gasteiger partial charge on any atom is -0.381 e. The number of likely N-dealkylation sites (tertiary alicyclic amines) is 2. The summed E-state index contributed by atoms with van der Waals surface area (Å²) in [5, 5.41) is 4.37. The summed E-state index contributed by atoms with van der Waals surface area (Å²) < 4.78 is 5.61. The van der Waals surface area contributed by atoms with Gasteiger partial charge in [-0.1, -0.05) is 0 Å². The average Bonchev–Trinajstić information content (AvgIpc) is 3.30. The molecule has 4 rings (SSSR count). The SMILES string of the molecule is O=C([C@@H]1CN(Cc2ccsc2)CC12CCOCC2)N1CCCC1. The Hall–Kier alpha value is -0.910. The van der Waals surface area contributed by atoms with E-state index in [0.29, 0.717) is 5.91 Å². The predicted octanol–water partition coefficient (Wildman–Crippen LogP) is 2.60. The zero-order valence-corrected chi connectivity index (χ0v) is 14.5. The highest BCUT2D eigenvalue weighted by Gasteiger charge is 2.51. The number of rotatable bonds is 3. The molecule has 0 radical (unpaired) electrons. The van der Waals surface area contributed by atoms with Gasteiger partial charge in [0.05, 0.1) is 5.92 Å². The second-order valence-corrected chi connectivity index (χ2v) is 8.14. The standard InChI is InChI=1S/C18H26N2O2S/c21-17(20-6-1-2-7-20)16-12-19(11-15-3-10-23-13-15)14-18(16)4-8-22-9-5-18/h3,10,13,16H,1-2,4-9,11-12,14H2/t16-/m0/s1. The third-order valence-corrected chi connectivity index (χ3v) is 6.64. The van der Waals surface area contributed by atoms with Gasteiger partial charge in [-0.15, -0.1) is 0 Å². The molecule has 1 aromatic heterocycles. The van der Waals surface area contributed by atoms with Crippen molar-refractivity contribution in [3.63, 3.8) is 0 Å². The molecular formula is C18H26N2O2S. The van der Waals surface area contributed by atoms with Crippen LogP contribution < -0.4 is 0 Å². The summed E-state index contributed by atoms with van der Waals surface area (Å²) in [6.07, 6.45) is 4.43. The van der Waals surface area contributed by atoms with Crippen molar-refractivity contribution in [1.29, 1.82) is 0 Å². The van der Waals surface area contributed by atoms with E-state index in [2.05, 4.69) is 26.6 Å². The van der Waals surface area contributed by atoms with Gasteiger partial charge in [-0.05, 0) is 48.1 Å². The lowest BCUT2D eigenvalue weighted by Gasteiger charge is -2.38. The van der Waals surface area contributed by atoms with Gasteiger partial charge >= 0.3 is 0 Å². The number of nitrogens with zero attached hydrogens (tertiary/aromatic N) is 2. The summed E-state index contributed by atoms with van der Waals surface area (Å²) in [6.45, 7) is 6.52. The molecule has 1 amide bonds. The molecular weight excluding hydrogens is 308 g/mol. The molecule has 0 bridgehead atoms. The van der Waals surface area contributed by atoms with Crippen LogP contribution in [0.4, 0.5) is 0 Å². The van der Waals surface area contributed by atoms with E-state index in [1.165, 1.54) is 18.4 Å². The molecule has 0 N–H and O–H groups in total. The Bertz CT molecular complexity index is 533. The van der Waals surface area contributed by atoms with Crippen LogP contribution in [0.15, 0.2) is 16.8 Å². The highest BCUT2D eigenvalue weighted by Crippen LogP contribution is 2.45. The molecule has 5 heteroatoms. The lowest BCUT2D eigenvalue weighted by molar-refractivity contribution is -0.139. The van der Waals surface area contributed by atoms with Gasteiger partial charge in [0.2, 0.25) is 5.91 Å². The first-order valence-electron chi connectivity index (χ1n) is 8.87. The molecule has 4 heterocycles. The number of amides is 1. The van der Waals surface area contributed by atoms with Crippen molar-refractivity contribution >= 4 is 17.2 Å². The maximum Gasteiger partial charge on any atom is 0.227 e. The van der Waals surface area contributed by atoms with Crippen molar-refractivity contribution in [2.75, 3.05) is 39.4 Å². The number of hydrogen-bond acceptors (Lipinski definition) is 4. The van der Waals surface area contributed by atoms with Crippen LogP contribution in [-0.4, -0.2) is 55.1 Å². The van der Waals surface area contributed by atoms with Crippen LogP contribution in [0, 0.1) is 11.3 Å². The Balaban J connectivity index is 1.52.